The molecule has 0 aliphatic carbocycles. The van der Waals surface area contributed by atoms with Crippen molar-refractivity contribution in [1.82, 2.24) is 5.32 Å². The minimum absolute atomic E-state index is 0.0747. The van der Waals surface area contributed by atoms with Crippen molar-refractivity contribution in [2.45, 2.75) is 18.7 Å². The summed E-state index contributed by atoms with van der Waals surface area (Å²) in [5.74, 6) is -0.973. The van der Waals surface area contributed by atoms with Crippen molar-refractivity contribution in [1.29, 1.82) is 0 Å². The zero-order valence-corrected chi connectivity index (χ0v) is 15.3. The van der Waals surface area contributed by atoms with Gasteiger partial charge in [0.15, 0.2) is 0 Å². The first-order valence-electron chi connectivity index (χ1n) is 7.93. The van der Waals surface area contributed by atoms with Crippen molar-refractivity contribution >= 4 is 16.1 Å². The summed E-state index contributed by atoms with van der Waals surface area (Å²) in [5.41, 5.74) is 0.904. The molecule has 0 heterocycles. The smallest absolute Gasteiger partial charge is 0.348 e. The zero-order valence-electron chi connectivity index (χ0n) is 14.5. The Kier molecular flexibility index (Phi) is 10.3. The molecule has 142 valence electrons. The van der Waals surface area contributed by atoms with E-state index in [-0.39, 0.29) is 18.1 Å². The van der Waals surface area contributed by atoms with Gasteiger partial charge in [-0.2, -0.15) is 8.42 Å². The molecule has 0 aliphatic rings. The summed E-state index contributed by atoms with van der Waals surface area (Å²) >= 11 is 0. The van der Waals surface area contributed by atoms with Gasteiger partial charge in [-0.3, -0.25) is 5.32 Å². The number of hydrogen-bond acceptors (Lipinski definition) is 8. The third-order valence-corrected chi connectivity index (χ3v) is 4.19. The van der Waals surface area contributed by atoms with Gasteiger partial charge in [0.25, 0.3) is 0 Å². The molecule has 0 saturated carbocycles. The van der Waals surface area contributed by atoms with Crippen LogP contribution in [0.1, 0.15) is 12.5 Å². The topological polar surface area (TPSA) is 100 Å². The molecule has 0 spiro atoms. The molecular formula is C16H25NO7S. The Labute approximate surface area is 148 Å². The average molecular weight is 375 g/mol. The molecule has 0 unspecified atom stereocenters. The number of benzene rings is 1. The monoisotopic (exact) mass is 375 g/mol. The van der Waals surface area contributed by atoms with E-state index < -0.39 is 22.7 Å². The van der Waals surface area contributed by atoms with E-state index in [1.54, 1.807) is 12.1 Å². The molecule has 0 saturated heterocycles. The van der Waals surface area contributed by atoms with Gasteiger partial charge in [-0.15, -0.1) is 0 Å². The minimum Gasteiger partial charge on any atom is -0.378 e. The fourth-order valence-electron chi connectivity index (χ4n) is 1.67. The van der Waals surface area contributed by atoms with Crippen molar-refractivity contribution in [3.63, 3.8) is 0 Å². The Bertz CT molecular complexity index is 601. The lowest BCUT2D eigenvalue weighted by Gasteiger charge is -2.08. The van der Waals surface area contributed by atoms with Crippen molar-refractivity contribution < 1.29 is 31.6 Å². The predicted molar refractivity (Wildman–Crippen MR) is 90.6 cm³/mol. The predicted octanol–water partition coefficient (Wildman–Crippen LogP) is 0.844. The van der Waals surface area contributed by atoms with Gasteiger partial charge in [-0.25, -0.2) is 4.79 Å². The van der Waals surface area contributed by atoms with Crippen LogP contribution in [-0.4, -0.2) is 60.7 Å². The van der Waals surface area contributed by atoms with Gasteiger partial charge in [0.1, 0.15) is 11.5 Å². The van der Waals surface area contributed by atoms with Crippen molar-refractivity contribution in [3.05, 3.63) is 29.8 Å². The Hall–Kier alpha value is -1.52. The summed E-state index contributed by atoms with van der Waals surface area (Å²) in [4.78, 5) is 11.5. The van der Waals surface area contributed by atoms with Crippen LogP contribution in [0.5, 0.6) is 0 Å². The minimum atomic E-state index is -4.12. The number of carbonyl (C=O) groups excluding carboxylic acids is 1. The highest BCUT2D eigenvalue weighted by molar-refractivity contribution is 7.87. The lowest BCUT2D eigenvalue weighted by molar-refractivity contribution is -0.139. The van der Waals surface area contributed by atoms with E-state index in [1.807, 2.05) is 13.8 Å². The molecule has 0 bridgehead atoms. The largest absolute Gasteiger partial charge is 0.378 e. The maximum atomic E-state index is 11.9. The normalized spacial score (nSPS) is 11.4. The van der Waals surface area contributed by atoms with Crippen LogP contribution in [0, 0.1) is 6.92 Å². The number of rotatable bonds is 13. The fraction of sp³-hybridized carbons (Fsp3) is 0.562. The molecule has 0 fully saturated rings. The molecule has 1 N–H and O–H groups in total. The summed E-state index contributed by atoms with van der Waals surface area (Å²) < 4.78 is 43.7. The van der Waals surface area contributed by atoms with Crippen LogP contribution in [0.4, 0.5) is 0 Å². The van der Waals surface area contributed by atoms with Gasteiger partial charge < -0.3 is 18.4 Å². The van der Waals surface area contributed by atoms with Crippen molar-refractivity contribution in [2.75, 3.05) is 46.3 Å². The Morgan fingerprint density at radius 2 is 1.72 bits per heavy atom. The first-order valence-corrected chi connectivity index (χ1v) is 9.34. The van der Waals surface area contributed by atoms with E-state index in [4.69, 9.17) is 14.2 Å². The number of nitrogens with one attached hydrogen (secondary N) is 1. The van der Waals surface area contributed by atoms with E-state index in [9.17, 15) is 13.2 Å². The standard InChI is InChI=1S/C16H25NO7S/c1-3-21-13-17-8-9-22-10-11-23-12-16(18)24-25(19,20)15-6-4-14(2)5-7-15/h4-7,17H,3,8-13H2,1-2H3. The lowest BCUT2D eigenvalue weighted by atomic mass is 10.2. The second-order valence-electron chi connectivity index (χ2n) is 5.02. The third kappa shape index (κ3) is 9.51. The maximum absolute atomic E-state index is 11.9. The molecule has 1 rings (SSSR count). The summed E-state index contributed by atoms with van der Waals surface area (Å²) in [7, 11) is -4.12. The van der Waals surface area contributed by atoms with Crippen molar-refractivity contribution in [3.8, 4) is 0 Å². The maximum Gasteiger partial charge on any atom is 0.348 e. The van der Waals surface area contributed by atoms with Crippen LogP contribution in [0.25, 0.3) is 0 Å². The molecule has 0 aliphatic heterocycles. The molecule has 1 aromatic rings. The van der Waals surface area contributed by atoms with Crippen LogP contribution in [-0.2, 0) is 33.3 Å². The molecule has 0 amide bonds. The average Bonchev–Trinajstić information content (AvgIpc) is 2.56. The van der Waals surface area contributed by atoms with Gasteiger partial charge in [0.2, 0.25) is 0 Å². The van der Waals surface area contributed by atoms with Crippen LogP contribution in [0.3, 0.4) is 0 Å². The van der Waals surface area contributed by atoms with Crippen molar-refractivity contribution in [2.24, 2.45) is 0 Å². The molecule has 1 aromatic carbocycles. The van der Waals surface area contributed by atoms with Gasteiger partial charge in [0.05, 0.1) is 26.6 Å². The lowest BCUT2D eigenvalue weighted by Crippen LogP contribution is -2.23. The first kappa shape index (κ1) is 21.5. The number of ether oxygens (including phenoxy) is 3. The van der Waals surface area contributed by atoms with Crippen LogP contribution in [0.15, 0.2) is 29.2 Å². The Morgan fingerprint density at radius 3 is 2.40 bits per heavy atom. The van der Waals surface area contributed by atoms with E-state index in [1.165, 1.54) is 12.1 Å². The SMILES string of the molecule is CCOCNCCOCCOCC(=O)OS(=O)(=O)c1ccc(C)cc1. The summed E-state index contributed by atoms with van der Waals surface area (Å²) in [6.07, 6.45) is 0. The highest BCUT2D eigenvalue weighted by Gasteiger charge is 2.19. The summed E-state index contributed by atoms with van der Waals surface area (Å²) in [6.45, 7) is 5.95. The number of aryl methyl sites for hydroxylation is 1. The van der Waals surface area contributed by atoms with E-state index in [0.29, 0.717) is 26.5 Å². The van der Waals surface area contributed by atoms with Crippen LogP contribution < -0.4 is 5.32 Å². The van der Waals surface area contributed by atoms with Gasteiger partial charge >= 0.3 is 16.1 Å². The molecule has 0 aromatic heterocycles. The van der Waals surface area contributed by atoms with E-state index >= 15 is 0 Å². The summed E-state index contributed by atoms with van der Waals surface area (Å²) in [6, 6.07) is 6.01. The van der Waals surface area contributed by atoms with E-state index in [0.717, 1.165) is 5.56 Å². The van der Waals surface area contributed by atoms with Gasteiger partial charge in [-0.05, 0) is 26.0 Å². The number of hydrogen-bond donors (Lipinski definition) is 1. The fourth-order valence-corrected chi connectivity index (χ4v) is 2.52. The molecule has 0 atom stereocenters. The highest BCUT2D eigenvalue weighted by Crippen LogP contribution is 2.13. The second kappa shape index (κ2) is 11.9. The van der Waals surface area contributed by atoms with Gasteiger partial charge in [-0.1, -0.05) is 17.7 Å². The number of carbonyl (C=O) groups is 1. The molecule has 9 heteroatoms. The quantitative estimate of drug-likeness (QED) is 0.308. The molecule has 0 radical (unpaired) electrons. The van der Waals surface area contributed by atoms with E-state index in [2.05, 4.69) is 9.50 Å². The van der Waals surface area contributed by atoms with Gasteiger partial charge in [0, 0.05) is 13.2 Å². The Morgan fingerprint density at radius 1 is 1.04 bits per heavy atom. The summed E-state index contributed by atoms with van der Waals surface area (Å²) in [5, 5.41) is 3.01. The van der Waals surface area contributed by atoms with Crippen LogP contribution >= 0.6 is 0 Å². The second-order valence-corrected chi connectivity index (χ2v) is 6.57. The Balaban J connectivity index is 2.13. The molecular weight excluding hydrogens is 350 g/mol. The molecule has 8 nitrogen and oxygen atoms in total. The zero-order chi connectivity index (χ0) is 18.5. The highest BCUT2D eigenvalue weighted by atomic mass is 32.2. The first-order chi connectivity index (χ1) is 12.0. The van der Waals surface area contributed by atoms with Crippen LogP contribution in [0.2, 0.25) is 0 Å². The molecule has 25 heavy (non-hydrogen) atoms. The third-order valence-electron chi connectivity index (χ3n) is 2.94.